The Kier molecular flexibility index (Phi) is 19.2. The van der Waals surface area contributed by atoms with Gasteiger partial charge in [0.25, 0.3) is 0 Å². The van der Waals surface area contributed by atoms with Crippen LogP contribution < -0.4 is 17.2 Å². The van der Waals surface area contributed by atoms with E-state index in [1.165, 1.54) is 45.5 Å². The van der Waals surface area contributed by atoms with Crippen LogP contribution in [0.1, 0.15) is 48.8 Å². The van der Waals surface area contributed by atoms with Gasteiger partial charge in [-0.25, -0.2) is 4.79 Å². The lowest BCUT2D eigenvalue weighted by atomic mass is 9.99. The number of primary amides is 3. The van der Waals surface area contributed by atoms with Crippen molar-refractivity contribution in [3.05, 3.63) is 102 Å². The van der Waals surface area contributed by atoms with Crippen LogP contribution in [0.3, 0.4) is 0 Å². The molecule has 0 spiro atoms. The Morgan fingerprint density at radius 3 is 1.66 bits per heavy atom. The SMILES string of the molecule is NC(=O)CSCCCCCN(C(=O)OCc1ccccc1)C(Cc1ccc(O)cc1)C(=O)N(CCCCSCC(N)=O)C(Cc1ccccc1)C(N)=O. The Hall–Kier alpha value is -4.69. The smallest absolute Gasteiger partial charge is 0.410 e. The van der Waals surface area contributed by atoms with Crippen LogP contribution in [0, 0.1) is 0 Å². The average Bonchev–Trinajstić information content (AvgIpc) is 3.14. The Morgan fingerprint density at radius 1 is 0.604 bits per heavy atom. The summed E-state index contributed by atoms with van der Waals surface area (Å²) < 4.78 is 5.82. The molecule has 0 saturated carbocycles. The zero-order valence-electron chi connectivity index (χ0n) is 30.0. The Morgan fingerprint density at radius 2 is 1.09 bits per heavy atom. The van der Waals surface area contributed by atoms with Crippen molar-refractivity contribution in [3.8, 4) is 5.75 Å². The molecule has 3 aromatic rings. The number of thioether (sulfide) groups is 2. The monoisotopic (exact) mass is 765 g/mol. The van der Waals surface area contributed by atoms with E-state index in [0.717, 1.165) is 17.5 Å². The Labute approximate surface area is 320 Å². The highest BCUT2D eigenvalue weighted by Gasteiger charge is 2.38. The number of hydrogen-bond acceptors (Lipinski definition) is 9. The molecule has 2 unspecified atom stereocenters. The summed E-state index contributed by atoms with van der Waals surface area (Å²) in [5.41, 5.74) is 18.9. The molecule has 286 valence electrons. The molecule has 53 heavy (non-hydrogen) atoms. The van der Waals surface area contributed by atoms with Gasteiger partial charge in [-0.3, -0.25) is 24.1 Å². The minimum atomic E-state index is -1.09. The zero-order chi connectivity index (χ0) is 38.4. The van der Waals surface area contributed by atoms with Gasteiger partial charge in [-0.15, -0.1) is 0 Å². The second-order valence-electron chi connectivity index (χ2n) is 12.6. The molecule has 7 N–H and O–H groups in total. The van der Waals surface area contributed by atoms with Gasteiger partial charge in [0, 0.05) is 25.9 Å². The number of benzene rings is 3. The minimum absolute atomic E-state index is 0.00927. The highest BCUT2D eigenvalue weighted by Crippen LogP contribution is 2.22. The van der Waals surface area contributed by atoms with Crippen LogP contribution in [0.4, 0.5) is 4.79 Å². The van der Waals surface area contributed by atoms with E-state index in [2.05, 4.69) is 0 Å². The maximum atomic E-state index is 15.0. The third-order valence-corrected chi connectivity index (χ3v) is 10.5. The zero-order valence-corrected chi connectivity index (χ0v) is 31.6. The summed E-state index contributed by atoms with van der Waals surface area (Å²) in [5, 5.41) is 10.00. The van der Waals surface area contributed by atoms with E-state index in [9.17, 15) is 24.3 Å². The van der Waals surface area contributed by atoms with E-state index < -0.39 is 35.9 Å². The fourth-order valence-electron chi connectivity index (χ4n) is 5.67. The van der Waals surface area contributed by atoms with Crippen LogP contribution in [-0.2, 0) is 43.4 Å². The van der Waals surface area contributed by atoms with Crippen LogP contribution >= 0.6 is 23.5 Å². The summed E-state index contributed by atoms with van der Waals surface area (Å²) in [6, 6.07) is 22.8. The Balaban J connectivity index is 1.98. The summed E-state index contributed by atoms with van der Waals surface area (Å²) in [7, 11) is 0. The quantitative estimate of drug-likeness (QED) is 0.0911. The molecule has 3 rings (SSSR count). The number of carbonyl (C=O) groups excluding carboxylic acids is 5. The van der Waals surface area contributed by atoms with Crippen molar-refractivity contribution >= 4 is 53.2 Å². The molecule has 3 aromatic carbocycles. The lowest BCUT2D eigenvalue weighted by molar-refractivity contribution is -0.143. The lowest BCUT2D eigenvalue weighted by Gasteiger charge is -2.37. The highest BCUT2D eigenvalue weighted by molar-refractivity contribution is 8.00. The van der Waals surface area contributed by atoms with E-state index in [4.69, 9.17) is 21.9 Å². The van der Waals surface area contributed by atoms with Gasteiger partial charge in [-0.2, -0.15) is 23.5 Å². The van der Waals surface area contributed by atoms with Crippen molar-refractivity contribution in [2.75, 3.05) is 36.1 Å². The normalized spacial score (nSPS) is 12.0. The summed E-state index contributed by atoms with van der Waals surface area (Å²) in [5.74, 6) is -0.143. The van der Waals surface area contributed by atoms with E-state index in [0.29, 0.717) is 42.8 Å². The topological polar surface area (TPSA) is 199 Å². The van der Waals surface area contributed by atoms with Crippen LogP contribution in [0.25, 0.3) is 0 Å². The fourth-order valence-corrected chi connectivity index (χ4v) is 7.18. The standard InChI is InChI=1S/C39H51N5O7S2/c40-35(46)27-52-22-10-3-8-21-44(39(50)51-26-31-14-6-2-7-15-31)34(25-30-16-18-32(45)19-17-30)38(49)43(20-9-11-23-53-28-36(41)47)33(37(42)48)24-29-12-4-1-5-13-29/h1-2,4-7,12-19,33-34,45H,3,8-11,20-28H2,(H2,40,46)(H2,41,47)(H2,42,48). The summed E-state index contributed by atoms with van der Waals surface area (Å²) in [6.45, 7) is 0.344. The van der Waals surface area contributed by atoms with E-state index in [1.807, 2.05) is 60.7 Å². The fraction of sp³-hybridized carbons (Fsp3) is 0.410. The number of hydrogen-bond donors (Lipinski definition) is 4. The second kappa shape index (κ2) is 23.8. The number of phenols is 1. The van der Waals surface area contributed by atoms with Crippen molar-refractivity contribution in [3.63, 3.8) is 0 Å². The van der Waals surface area contributed by atoms with E-state index >= 15 is 4.79 Å². The van der Waals surface area contributed by atoms with Gasteiger partial charge in [0.15, 0.2) is 0 Å². The molecule has 0 saturated heterocycles. The van der Waals surface area contributed by atoms with Gasteiger partial charge in [-0.05, 0) is 66.0 Å². The number of rotatable bonds is 25. The number of carbonyl (C=O) groups is 5. The molecule has 12 nitrogen and oxygen atoms in total. The van der Waals surface area contributed by atoms with Crippen molar-refractivity contribution in [1.29, 1.82) is 0 Å². The van der Waals surface area contributed by atoms with Crippen molar-refractivity contribution in [2.24, 2.45) is 17.2 Å². The van der Waals surface area contributed by atoms with Crippen LogP contribution in [0.2, 0.25) is 0 Å². The third-order valence-electron chi connectivity index (χ3n) is 8.34. The minimum Gasteiger partial charge on any atom is -0.508 e. The highest BCUT2D eigenvalue weighted by atomic mass is 32.2. The summed E-state index contributed by atoms with van der Waals surface area (Å²) >= 11 is 2.84. The molecule has 0 aliphatic heterocycles. The number of nitrogens with two attached hydrogens (primary N) is 3. The maximum Gasteiger partial charge on any atom is 0.410 e. The lowest BCUT2D eigenvalue weighted by Crippen LogP contribution is -2.58. The Bertz CT molecular complexity index is 1580. The van der Waals surface area contributed by atoms with Crippen LogP contribution in [0.15, 0.2) is 84.9 Å². The molecule has 14 heteroatoms. The molecule has 0 radical (unpaired) electrons. The molecule has 0 fully saturated rings. The molecule has 0 aliphatic carbocycles. The van der Waals surface area contributed by atoms with Gasteiger partial charge in [0.1, 0.15) is 24.4 Å². The summed E-state index contributed by atoms with van der Waals surface area (Å²) in [6.07, 6.45) is 2.72. The largest absolute Gasteiger partial charge is 0.508 e. The third kappa shape index (κ3) is 16.3. The average molecular weight is 766 g/mol. The summed E-state index contributed by atoms with van der Waals surface area (Å²) in [4.78, 5) is 67.6. The second-order valence-corrected chi connectivity index (χ2v) is 14.8. The number of phenolic OH excluding ortho intramolecular Hbond substituents is 1. The molecule has 0 heterocycles. The van der Waals surface area contributed by atoms with Gasteiger partial charge in [0.05, 0.1) is 11.5 Å². The molecule has 0 aliphatic rings. The van der Waals surface area contributed by atoms with Gasteiger partial charge in [0.2, 0.25) is 23.6 Å². The molecular formula is C39H51N5O7S2. The first kappa shape index (κ1) is 42.7. The molecular weight excluding hydrogens is 715 g/mol. The van der Waals surface area contributed by atoms with Crippen LogP contribution in [-0.4, -0.2) is 92.8 Å². The van der Waals surface area contributed by atoms with Crippen molar-refractivity contribution < 1.29 is 33.8 Å². The number of unbranched alkanes of at least 4 members (excludes halogenated alkanes) is 3. The molecule has 5 amide bonds. The van der Waals surface area contributed by atoms with Gasteiger partial charge >= 0.3 is 6.09 Å². The van der Waals surface area contributed by atoms with Gasteiger partial charge in [-0.1, -0.05) is 79.2 Å². The predicted molar refractivity (Wildman–Crippen MR) is 210 cm³/mol. The van der Waals surface area contributed by atoms with Gasteiger partial charge < -0.3 is 31.9 Å². The molecule has 0 aromatic heterocycles. The number of aromatic hydroxyl groups is 1. The number of amides is 5. The van der Waals surface area contributed by atoms with E-state index in [-0.39, 0.29) is 55.7 Å². The van der Waals surface area contributed by atoms with Crippen molar-refractivity contribution in [1.82, 2.24) is 9.80 Å². The molecule has 2 atom stereocenters. The van der Waals surface area contributed by atoms with Crippen LogP contribution in [0.5, 0.6) is 5.75 Å². The predicted octanol–water partition coefficient (Wildman–Crippen LogP) is 4.25. The first-order chi connectivity index (χ1) is 25.5. The molecule has 0 bridgehead atoms. The van der Waals surface area contributed by atoms with Crippen molar-refractivity contribution in [2.45, 2.75) is 63.6 Å². The maximum absolute atomic E-state index is 15.0. The first-order valence-electron chi connectivity index (χ1n) is 17.7. The van der Waals surface area contributed by atoms with E-state index in [1.54, 1.807) is 12.1 Å². The number of nitrogens with zero attached hydrogens (tertiary/aromatic N) is 2. The first-order valence-corrected chi connectivity index (χ1v) is 20.0. The number of ether oxygens (including phenoxy) is 1.